The summed E-state index contributed by atoms with van der Waals surface area (Å²) in [6.45, 7) is 2.57. The van der Waals surface area contributed by atoms with Gasteiger partial charge in [0, 0.05) is 13.8 Å². The third kappa shape index (κ3) is 1.38. The summed E-state index contributed by atoms with van der Waals surface area (Å²) in [5, 5.41) is 10.2. The SMILES string of the molecule is CC(C)(C(N)=O)[N+](=N)[O-]. The number of hydrogen-bond donors (Lipinski definition) is 2. The molecule has 0 heterocycles. The zero-order chi connectivity index (χ0) is 7.65. The summed E-state index contributed by atoms with van der Waals surface area (Å²) in [6, 6.07) is 0. The van der Waals surface area contributed by atoms with Crippen molar-refractivity contribution in [2.45, 2.75) is 19.4 Å². The summed E-state index contributed by atoms with van der Waals surface area (Å²) in [7, 11) is 0. The Kier molecular flexibility index (Phi) is 1.75. The molecule has 0 aromatic carbocycles. The van der Waals surface area contributed by atoms with Gasteiger partial charge in [0.2, 0.25) is 0 Å². The molecule has 0 aliphatic heterocycles. The molecule has 52 valence electrons. The Morgan fingerprint density at radius 1 is 1.78 bits per heavy atom. The molecular formula is C4H9N3O2. The van der Waals surface area contributed by atoms with E-state index in [0.29, 0.717) is 0 Å². The topological polar surface area (TPSA) is 93.0 Å². The molecule has 5 heteroatoms. The maximum absolute atomic E-state index is 10.3. The number of nitrogens with one attached hydrogen (secondary N) is 1. The number of hydroxylamine groups is 1. The number of carbonyl (C=O) groups is 1. The summed E-state index contributed by atoms with van der Waals surface area (Å²) >= 11 is 0. The van der Waals surface area contributed by atoms with Crippen molar-refractivity contribution >= 4 is 5.91 Å². The van der Waals surface area contributed by atoms with Gasteiger partial charge in [-0.25, -0.2) is 0 Å². The second-order valence-electron chi connectivity index (χ2n) is 2.22. The Morgan fingerprint density at radius 3 is 2.11 bits per heavy atom. The van der Waals surface area contributed by atoms with Gasteiger partial charge in [-0.2, -0.15) is 0 Å². The molecule has 0 aromatic heterocycles. The van der Waals surface area contributed by atoms with E-state index >= 15 is 0 Å². The van der Waals surface area contributed by atoms with Gasteiger partial charge in [0.25, 0.3) is 11.4 Å². The van der Waals surface area contributed by atoms with E-state index in [1.54, 1.807) is 0 Å². The van der Waals surface area contributed by atoms with Crippen LogP contribution in [0.15, 0.2) is 0 Å². The fraction of sp³-hybridized carbons (Fsp3) is 0.750. The van der Waals surface area contributed by atoms with Crippen molar-refractivity contribution in [1.29, 1.82) is 5.53 Å². The number of nitrogens with two attached hydrogens (primary N) is 1. The van der Waals surface area contributed by atoms with Crippen molar-refractivity contribution in [2.24, 2.45) is 5.73 Å². The van der Waals surface area contributed by atoms with Crippen molar-refractivity contribution in [1.82, 2.24) is 0 Å². The zero-order valence-electron chi connectivity index (χ0n) is 5.34. The molecule has 0 aliphatic carbocycles. The maximum atomic E-state index is 10.3. The highest BCUT2D eigenvalue weighted by Gasteiger charge is 2.34. The summed E-state index contributed by atoms with van der Waals surface area (Å²) in [4.78, 5) is 10.1. The zero-order valence-corrected chi connectivity index (χ0v) is 5.34. The molecule has 0 radical (unpaired) electrons. The van der Waals surface area contributed by atoms with Crippen LogP contribution in [0.2, 0.25) is 0 Å². The van der Waals surface area contributed by atoms with Crippen LogP contribution < -0.4 is 5.73 Å². The second kappa shape index (κ2) is 2.00. The van der Waals surface area contributed by atoms with Crippen molar-refractivity contribution < 1.29 is 9.66 Å². The number of carbonyl (C=O) groups excluding carboxylic acids is 1. The minimum Gasteiger partial charge on any atom is -0.599 e. The van der Waals surface area contributed by atoms with Crippen molar-refractivity contribution in [3.63, 3.8) is 0 Å². The molecular weight excluding hydrogens is 122 g/mol. The molecule has 9 heavy (non-hydrogen) atoms. The predicted molar refractivity (Wildman–Crippen MR) is 29.6 cm³/mol. The first-order valence-electron chi connectivity index (χ1n) is 2.37. The summed E-state index contributed by atoms with van der Waals surface area (Å²) < 4.78 is 0. The van der Waals surface area contributed by atoms with Gasteiger partial charge in [-0.05, 0) is 5.53 Å². The average Bonchev–Trinajstić information content (AvgIpc) is 1.65. The number of nitrogens with zero attached hydrogens (tertiary/aromatic N) is 1. The monoisotopic (exact) mass is 131 g/mol. The first kappa shape index (κ1) is 7.87. The Labute approximate surface area is 52.5 Å². The number of primary amides is 1. The van der Waals surface area contributed by atoms with E-state index in [-0.39, 0.29) is 4.86 Å². The molecule has 0 unspecified atom stereocenters. The Hall–Kier alpha value is -1.13. The summed E-state index contributed by atoms with van der Waals surface area (Å²) in [6.07, 6.45) is 0. The van der Waals surface area contributed by atoms with Crippen LogP contribution in [0, 0.1) is 10.7 Å². The summed E-state index contributed by atoms with van der Waals surface area (Å²) in [5.74, 6) is -0.799. The molecule has 1 amide bonds. The average molecular weight is 131 g/mol. The van der Waals surface area contributed by atoms with E-state index in [9.17, 15) is 10.0 Å². The summed E-state index contributed by atoms with van der Waals surface area (Å²) in [5.41, 5.74) is 9.84. The molecule has 0 saturated carbocycles. The Morgan fingerprint density at radius 2 is 2.11 bits per heavy atom. The van der Waals surface area contributed by atoms with Crippen LogP contribution in [0.5, 0.6) is 0 Å². The quantitative estimate of drug-likeness (QED) is 0.308. The Bertz CT molecular complexity index is 136. The molecule has 0 rings (SSSR count). The molecule has 3 N–H and O–H groups in total. The molecule has 0 saturated heterocycles. The minimum absolute atomic E-state index is 0.213. The van der Waals surface area contributed by atoms with Crippen molar-refractivity contribution in [3.05, 3.63) is 5.21 Å². The van der Waals surface area contributed by atoms with E-state index in [0.717, 1.165) is 0 Å². The standard InChI is InChI=1S/C4H9N3O2/c1-4(2,3(5)8)7(6)9/h6H,1-2H3,(H2,5,8). The first-order valence-corrected chi connectivity index (χ1v) is 2.37. The molecule has 0 spiro atoms. The maximum Gasteiger partial charge on any atom is 0.292 e. The van der Waals surface area contributed by atoms with Gasteiger partial charge in [0.15, 0.2) is 0 Å². The first-order chi connectivity index (χ1) is 3.89. The molecule has 0 fully saturated rings. The number of amides is 1. The van der Waals surface area contributed by atoms with Gasteiger partial charge in [-0.3, -0.25) is 4.79 Å². The van der Waals surface area contributed by atoms with Gasteiger partial charge in [-0.15, -0.1) is 0 Å². The fourth-order valence-electron chi connectivity index (χ4n) is 0.100. The highest BCUT2D eigenvalue weighted by atomic mass is 16.5. The van der Waals surface area contributed by atoms with E-state index in [1.165, 1.54) is 13.8 Å². The van der Waals surface area contributed by atoms with Crippen LogP contribution >= 0.6 is 0 Å². The predicted octanol–water partition coefficient (Wildman–Crippen LogP) is -0.208. The lowest BCUT2D eigenvalue weighted by molar-refractivity contribution is -0.607. The van der Waals surface area contributed by atoms with Gasteiger partial charge in [0.05, 0.1) is 0 Å². The lowest BCUT2D eigenvalue weighted by Gasteiger charge is -2.14. The highest BCUT2D eigenvalue weighted by molar-refractivity contribution is 5.81. The minimum atomic E-state index is -1.42. The lowest BCUT2D eigenvalue weighted by atomic mass is 10.1. The normalized spacial score (nSPS) is 10.9. The van der Waals surface area contributed by atoms with Crippen LogP contribution in [-0.4, -0.2) is 16.3 Å². The van der Waals surface area contributed by atoms with Crippen LogP contribution in [0.1, 0.15) is 13.8 Å². The third-order valence-corrected chi connectivity index (χ3v) is 1.11. The van der Waals surface area contributed by atoms with E-state index in [1.807, 2.05) is 0 Å². The van der Waals surface area contributed by atoms with E-state index < -0.39 is 11.4 Å². The molecule has 0 bridgehead atoms. The van der Waals surface area contributed by atoms with Gasteiger partial charge in [-0.1, -0.05) is 4.86 Å². The lowest BCUT2D eigenvalue weighted by Crippen LogP contribution is -2.44. The van der Waals surface area contributed by atoms with Crippen LogP contribution in [0.4, 0.5) is 0 Å². The van der Waals surface area contributed by atoms with E-state index in [4.69, 9.17) is 11.3 Å². The van der Waals surface area contributed by atoms with Gasteiger partial charge in [0.1, 0.15) is 0 Å². The molecule has 0 aliphatic rings. The Balaban J connectivity index is 4.38. The fourth-order valence-corrected chi connectivity index (χ4v) is 0.100. The number of rotatable bonds is 2. The van der Waals surface area contributed by atoms with Crippen LogP contribution in [0.3, 0.4) is 0 Å². The largest absolute Gasteiger partial charge is 0.599 e. The van der Waals surface area contributed by atoms with E-state index in [2.05, 4.69) is 0 Å². The van der Waals surface area contributed by atoms with Crippen LogP contribution in [-0.2, 0) is 4.79 Å². The van der Waals surface area contributed by atoms with Crippen LogP contribution in [0.25, 0.3) is 0 Å². The van der Waals surface area contributed by atoms with Gasteiger partial charge >= 0.3 is 0 Å². The van der Waals surface area contributed by atoms with Crippen molar-refractivity contribution in [2.75, 3.05) is 0 Å². The molecule has 5 nitrogen and oxygen atoms in total. The number of hydrogen-bond acceptors (Lipinski definition) is 3. The second-order valence-corrected chi connectivity index (χ2v) is 2.22. The smallest absolute Gasteiger partial charge is 0.292 e. The third-order valence-electron chi connectivity index (χ3n) is 1.11. The molecule has 0 aromatic rings. The van der Waals surface area contributed by atoms with Gasteiger partial charge < -0.3 is 10.9 Å². The van der Waals surface area contributed by atoms with Crippen molar-refractivity contribution in [3.8, 4) is 0 Å². The molecule has 0 atom stereocenters. The highest BCUT2D eigenvalue weighted by Crippen LogP contribution is 2.04.